The molecule has 0 radical (unpaired) electrons. The van der Waals surface area contributed by atoms with Crippen LogP contribution in [0.15, 0.2) is 24.5 Å². The van der Waals surface area contributed by atoms with E-state index in [-0.39, 0.29) is 11.7 Å². The summed E-state index contributed by atoms with van der Waals surface area (Å²) < 4.78 is 13.6. The number of anilines is 1. The molecule has 1 N–H and O–H groups in total. The molecular formula is C16H18Cl2N3O2PS. The van der Waals surface area contributed by atoms with Gasteiger partial charge in [0.25, 0.3) is 0 Å². The van der Waals surface area contributed by atoms with Gasteiger partial charge in [0.05, 0.1) is 33.2 Å². The van der Waals surface area contributed by atoms with Gasteiger partial charge >= 0.3 is 0 Å². The lowest BCUT2D eigenvalue weighted by atomic mass is 9.97. The Balaban J connectivity index is 1.84. The summed E-state index contributed by atoms with van der Waals surface area (Å²) >= 11 is 17.9. The third kappa shape index (κ3) is 4.03. The molecule has 0 aliphatic carbocycles. The third-order valence-electron chi connectivity index (χ3n) is 4.06. The van der Waals surface area contributed by atoms with Crippen molar-refractivity contribution in [2.45, 2.75) is 18.6 Å². The van der Waals surface area contributed by atoms with Crippen molar-refractivity contribution < 1.29 is 9.67 Å². The van der Waals surface area contributed by atoms with E-state index in [0.717, 1.165) is 10.7 Å². The zero-order chi connectivity index (χ0) is 18.4. The van der Waals surface area contributed by atoms with Crippen molar-refractivity contribution in [2.24, 2.45) is 0 Å². The normalized spacial score (nSPS) is 18.2. The molecule has 1 atom stereocenters. The third-order valence-corrected chi connectivity index (χ3v) is 6.24. The molecular weight excluding hydrogens is 400 g/mol. The van der Waals surface area contributed by atoms with Crippen molar-refractivity contribution in [3.05, 3.63) is 40.1 Å². The van der Waals surface area contributed by atoms with Gasteiger partial charge in [-0.25, -0.2) is 0 Å². The average molecular weight is 418 g/mol. The first kappa shape index (κ1) is 18.7. The summed E-state index contributed by atoms with van der Waals surface area (Å²) in [6, 6.07) is 3.12. The maximum atomic E-state index is 12.0. The van der Waals surface area contributed by atoms with Crippen LogP contribution in [0, 0.1) is 0 Å². The number of benzene rings is 1. The minimum atomic E-state index is -2.22. The quantitative estimate of drug-likeness (QED) is 0.571. The molecule has 5 nitrogen and oxygen atoms in total. The molecule has 2 aromatic rings. The minimum Gasteiger partial charge on any atom is -0.508 e. The molecule has 134 valence electrons. The second-order valence-electron chi connectivity index (χ2n) is 6.65. The van der Waals surface area contributed by atoms with E-state index < -0.39 is 7.14 Å². The zero-order valence-electron chi connectivity index (χ0n) is 13.8. The first-order chi connectivity index (χ1) is 11.7. The van der Waals surface area contributed by atoms with E-state index in [4.69, 9.17) is 35.4 Å². The van der Waals surface area contributed by atoms with Crippen molar-refractivity contribution in [1.82, 2.24) is 9.78 Å². The van der Waals surface area contributed by atoms with E-state index in [1.807, 2.05) is 11.1 Å². The maximum Gasteiger partial charge on any atom is 0.120 e. The lowest BCUT2D eigenvalue weighted by molar-refractivity contribution is 0.463. The Morgan fingerprint density at radius 1 is 1.40 bits per heavy atom. The van der Waals surface area contributed by atoms with Crippen molar-refractivity contribution in [1.29, 1.82) is 0 Å². The highest BCUT2D eigenvalue weighted by molar-refractivity contribution is 7.80. The lowest BCUT2D eigenvalue weighted by Crippen LogP contribution is -2.22. The predicted molar refractivity (Wildman–Crippen MR) is 107 cm³/mol. The predicted octanol–water partition coefficient (Wildman–Crippen LogP) is 4.80. The van der Waals surface area contributed by atoms with Gasteiger partial charge in [-0.05, 0) is 25.5 Å². The van der Waals surface area contributed by atoms with E-state index in [2.05, 4.69) is 5.10 Å². The molecule has 0 unspecified atom stereocenters. The van der Waals surface area contributed by atoms with E-state index in [9.17, 15) is 9.67 Å². The highest BCUT2D eigenvalue weighted by atomic mass is 35.5. The molecule has 1 aromatic carbocycles. The van der Waals surface area contributed by atoms with Crippen LogP contribution in [0.25, 0.3) is 0 Å². The molecule has 2 heterocycles. The number of thiocarbonyl (C=S) groups is 1. The summed E-state index contributed by atoms with van der Waals surface area (Å²) in [5.41, 5.74) is 1.47. The molecule has 0 amide bonds. The Kier molecular flexibility index (Phi) is 5.18. The standard InChI is InChI=1S/C16H18Cl2N3O2PS/c1-24(2,23)9-20-8-11(6-19-20)21-7-10(5-14(21)25)15-13(22)4-3-12(17)16(15)18/h3-4,6,8,10,22H,5,7,9H2,1-2H3/t10-/m0/s1. The number of hydrogen-bond donors (Lipinski definition) is 1. The monoisotopic (exact) mass is 417 g/mol. The highest BCUT2D eigenvalue weighted by Gasteiger charge is 2.33. The number of rotatable bonds is 4. The molecule has 1 fully saturated rings. The van der Waals surface area contributed by atoms with Gasteiger partial charge in [-0.3, -0.25) is 4.68 Å². The SMILES string of the molecule is CP(C)(=O)Cn1cc(N2C[C@@H](c3c(O)ccc(Cl)c3Cl)CC2=S)cn1. The molecule has 25 heavy (non-hydrogen) atoms. The van der Waals surface area contributed by atoms with Crippen molar-refractivity contribution in [3.63, 3.8) is 0 Å². The van der Waals surface area contributed by atoms with Gasteiger partial charge in [-0.2, -0.15) is 5.10 Å². The van der Waals surface area contributed by atoms with Crippen LogP contribution in [-0.4, -0.2) is 39.7 Å². The van der Waals surface area contributed by atoms with Crippen LogP contribution in [0.3, 0.4) is 0 Å². The number of nitrogens with zero attached hydrogens (tertiary/aromatic N) is 3. The largest absolute Gasteiger partial charge is 0.508 e. The molecule has 0 saturated carbocycles. The van der Waals surface area contributed by atoms with Gasteiger partial charge in [0, 0.05) is 30.6 Å². The highest BCUT2D eigenvalue weighted by Crippen LogP contribution is 2.43. The van der Waals surface area contributed by atoms with E-state index in [1.165, 1.54) is 0 Å². The van der Waals surface area contributed by atoms with Gasteiger partial charge in [0.15, 0.2) is 0 Å². The Hall–Kier alpha value is -1.07. The van der Waals surface area contributed by atoms with E-state index >= 15 is 0 Å². The topological polar surface area (TPSA) is 58.4 Å². The fourth-order valence-electron chi connectivity index (χ4n) is 3.01. The van der Waals surface area contributed by atoms with E-state index in [1.54, 1.807) is 36.3 Å². The number of aromatic nitrogens is 2. The van der Waals surface area contributed by atoms with Crippen LogP contribution in [0.2, 0.25) is 10.0 Å². The molecule has 1 saturated heterocycles. The second-order valence-corrected chi connectivity index (χ2v) is 11.3. The molecule has 1 aromatic heterocycles. The second kappa shape index (κ2) is 6.92. The number of phenolic OH excluding ortho intramolecular Hbond substituents is 1. The molecule has 0 bridgehead atoms. The van der Waals surface area contributed by atoms with E-state index in [0.29, 0.717) is 34.9 Å². The van der Waals surface area contributed by atoms with Crippen LogP contribution >= 0.6 is 42.6 Å². The average Bonchev–Trinajstić information content (AvgIpc) is 3.08. The first-order valence-electron chi connectivity index (χ1n) is 7.69. The summed E-state index contributed by atoms with van der Waals surface area (Å²) in [4.78, 5) is 2.72. The minimum absolute atomic E-state index is 0.0505. The Bertz CT molecular complexity index is 880. The van der Waals surface area contributed by atoms with Crippen LogP contribution in [-0.2, 0) is 10.9 Å². The molecule has 3 rings (SSSR count). The zero-order valence-corrected chi connectivity index (χ0v) is 17.0. The number of hydrogen-bond acceptors (Lipinski definition) is 4. The summed E-state index contributed by atoms with van der Waals surface area (Å²) in [7, 11) is -2.22. The molecule has 1 aliphatic rings. The molecule has 9 heteroatoms. The Morgan fingerprint density at radius 2 is 2.12 bits per heavy atom. The van der Waals surface area contributed by atoms with Gasteiger partial charge in [-0.15, -0.1) is 0 Å². The van der Waals surface area contributed by atoms with Crippen LogP contribution in [0.1, 0.15) is 17.9 Å². The summed E-state index contributed by atoms with van der Waals surface area (Å²) in [6.45, 7) is 4.04. The fraction of sp³-hybridized carbons (Fsp3) is 0.375. The van der Waals surface area contributed by atoms with Gasteiger partial charge in [0.2, 0.25) is 0 Å². The number of halogens is 2. The van der Waals surface area contributed by atoms with Crippen molar-refractivity contribution in [2.75, 3.05) is 24.8 Å². The molecule has 1 aliphatic heterocycles. The van der Waals surface area contributed by atoms with Crippen LogP contribution in [0.4, 0.5) is 5.69 Å². The van der Waals surface area contributed by atoms with Gasteiger partial charge in [0.1, 0.15) is 12.9 Å². The fourth-order valence-corrected chi connectivity index (χ4v) is 4.73. The number of phenols is 1. The first-order valence-corrected chi connectivity index (χ1v) is 11.6. The summed E-state index contributed by atoms with van der Waals surface area (Å²) in [5.74, 6) is 0.0724. The van der Waals surface area contributed by atoms with Gasteiger partial charge < -0.3 is 14.6 Å². The lowest BCUT2D eigenvalue weighted by Gasteiger charge is -2.17. The Morgan fingerprint density at radius 3 is 2.80 bits per heavy atom. The van der Waals surface area contributed by atoms with Gasteiger partial charge in [-0.1, -0.05) is 35.4 Å². The van der Waals surface area contributed by atoms with Crippen LogP contribution in [0.5, 0.6) is 5.75 Å². The summed E-state index contributed by atoms with van der Waals surface area (Å²) in [5, 5.41) is 15.2. The Labute approximate surface area is 161 Å². The van der Waals surface area contributed by atoms with Crippen molar-refractivity contribution in [3.8, 4) is 5.75 Å². The number of aromatic hydroxyl groups is 1. The van der Waals surface area contributed by atoms with Crippen LogP contribution < -0.4 is 4.90 Å². The smallest absolute Gasteiger partial charge is 0.120 e. The maximum absolute atomic E-state index is 12.0. The summed E-state index contributed by atoms with van der Waals surface area (Å²) in [6.07, 6.45) is 4.53. The van der Waals surface area contributed by atoms with Crippen molar-refractivity contribution >= 4 is 53.2 Å². The molecule has 0 spiro atoms.